The van der Waals surface area contributed by atoms with E-state index in [1.807, 2.05) is 0 Å². The molecular weight excluding hydrogens is 284 g/mol. The maximum absolute atomic E-state index is 12.0. The number of aromatic nitrogens is 2. The molecule has 2 amide bonds. The molecule has 0 saturated heterocycles. The second-order valence-electron chi connectivity index (χ2n) is 5.90. The first-order valence-corrected chi connectivity index (χ1v) is 8.13. The van der Waals surface area contributed by atoms with Gasteiger partial charge in [0.1, 0.15) is 0 Å². The molecule has 1 saturated carbocycles. The summed E-state index contributed by atoms with van der Waals surface area (Å²) < 4.78 is 5.00. The third kappa shape index (κ3) is 5.29. The minimum Gasteiger partial charge on any atom is -0.396 e. The average Bonchev–Trinajstić information content (AvgIpc) is 2.93. The summed E-state index contributed by atoms with van der Waals surface area (Å²) in [6.07, 6.45) is 7.10. The normalized spacial score (nSPS) is 17.2. The fraction of sp³-hybridized carbons (Fsp3) is 0.800. The van der Waals surface area contributed by atoms with Crippen molar-refractivity contribution in [1.82, 2.24) is 20.8 Å². The molecule has 1 unspecified atom stereocenters. The molecule has 1 fully saturated rings. The van der Waals surface area contributed by atoms with Gasteiger partial charge < -0.3 is 20.3 Å². The minimum absolute atomic E-state index is 0.0518. The molecule has 1 aromatic rings. The first-order chi connectivity index (χ1) is 10.7. The van der Waals surface area contributed by atoms with Crippen LogP contribution < -0.4 is 10.6 Å². The largest absolute Gasteiger partial charge is 0.396 e. The number of nitrogens with one attached hydrogen (secondary N) is 2. The number of aliphatic hydroxyl groups excluding tert-OH is 1. The zero-order valence-corrected chi connectivity index (χ0v) is 13.2. The van der Waals surface area contributed by atoms with E-state index in [1.165, 1.54) is 19.3 Å². The van der Waals surface area contributed by atoms with E-state index in [1.54, 1.807) is 6.92 Å². The number of aryl methyl sites for hydroxylation is 1. The van der Waals surface area contributed by atoms with Crippen molar-refractivity contribution in [2.45, 2.75) is 57.9 Å². The van der Waals surface area contributed by atoms with Crippen molar-refractivity contribution in [3.63, 3.8) is 0 Å². The summed E-state index contributed by atoms with van der Waals surface area (Å²) in [5.74, 6) is 1.60. The molecule has 0 aromatic carbocycles. The number of urea groups is 1. The zero-order valence-electron chi connectivity index (χ0n) is 13.2. The van der Waals surface area contributed by atoms with E-state index in [4.69, 9.17) is 4.52 Å². The van der Waals surface area contributed by atoms with Gasteiger partial charge in [0.05, 0.1) is 0 Å². The lowest BCUT2D eigenvalue weighted by Crippen LogP contribution is -2.46. The van der Waals surface area contributed by atoms with E-state index in [0.29, 0.717) is 37.0 Å². The molecule has 1 aromatic heterocycles. The highest BCUT2D eigenvalue weighted by molar-refractivity contribution is 5.74. The van der Waals surface area contributed by atoms with Crippen molar-refractivity contribution in [3.05, 3.63) is 11.7 Å². The second kappa shape index (κ2) is 8.73. The van der Waals surface area contributed by atoms with E-state index in [9.17, 15) is 9.90 Å². The summed E-state index contributed by atoms with van der Waals surface area (Å²) in [4.78, 5) is 16.1. The van der Waals surface area contributed by atoms with Crippen LogP contribution in [-0.2, 0) is 6.42 Å². The minimum atomic E-state index is -0.194. The molecule has 124 valence electrons. The maximum atomic E-state index is 12.0. The van der Waals surface area contributed by atoms with Crippen molar-refractivity contribution in [2.24, 2.45) is 5.92 Å². The fourth-order valence-electron chi connectivity index (χ4n) is 3.05. The standard InChI is InChI=1S/C15H26N4O3/c1-11-17-14(22-19-11)7-9-16-15(21)18-13(8-10-20)12-5-3-2-4-6-12/h12-13,20H,2-10H2,1H3,(H2,16,18,21). The Morgan fingerprint density at radius 3 is 2.82 bits per heavy atom. The van der Waals surface area contributed by atoms with Gasteiger partial charge in [-0.2, -0.15) is 4.98 Å². The summed E-state index contributed by atoms with van der Waals surface area (Å²) in [5, 5.41) is 18.7. The van der Waals surface area contributed by atoms with Crippen LogP contribution in [0.3, 0.4) is 0 Å². The van der Waals surface area contributed by atoms with Crippen LogP contribution >= 0.6 is 0 Å². The molecule has 1 aliphatic rings. The van der Waals surface area contributed by atoms with Gasteiger partial charge in [-0.1, -0.05) is 24.4 Å². The molecule has 1 atom stereocenters. The molecule has 1 aliphatic carbocycles. The number of aliphatic hydroxyl groups is 1. The van der Waals surface area contributed by atoms with Gasteiger partial charge in [0, 0.05) is 25.6 Å². The highest BCUT2D eigenvalue weighted by atomic mass is 16.5. The molecule has 22 heavy (non-hydrogen) atoms. The molecule has 2 rings (SSSR count). The Balaban J connectivity index is 1.72. The van der Waals surface area contributed by atoms with Gasteiger partial charge in [-0.3, -0.25) is 0 Å². The van der Waals surface area contributed by atoms with E-state index < -0.39 is 0 Å². The van der Waals surface area contributed by atoms with E-state index in [2.05, 4.69) is 20.8 Å². The average molecular weight is 310 g/mol. The predicted molar refractivity (Wildman–Crippen MR) is 81.3 cm³/mol. The van der Waals surface area contributed by atoms with Crippen LogP contribution in [0.2, 0.25) is 0 Å². The van der Waals surface area contributed by atoms with E-state index in [0.717, 1.165) is 12.8 Å². The predicted octanol–water partition coefficient (Wildman–Crippen LogP) is 1.55. The van der Waals surface area contributed by atoms with Crippen molar-refractivity contribution < 1.29 is 14.4 Å². The second-order valence-corrected chi connectivity index (χ2v) is 5.90. The summed E-state index contributed by atoms with van der Waals surface area (Å²) >= 11 is 0. The van der Waals surface area contributed by atoms with Gasteiger partial charge in [-0.05, 0) is 32.1 Å². The Bertz CT molecular complexity index is 457. The lowest BCUT2D eigenvalue weighted by molar-refractivity contribution is 0.196. The first kappa shape index (κ1) is 16.7. The Morgan fingerprint density at radius 2 is 2.18 bits per heavy atom. The topological polar surface area (TPSA) is 100 Å². The van der Waals surface area contributed by atoms with Gasteiger partial charge in [0.15, 0.2) is 5.82 Å². The third-order valence-corrected chi connectivity index (χ3v) is 4.17. The third-order valence-electron chi connectivity index (χ3n) is 4.17. The van der Waals surface area contributed by atoms with Gasteiger partial charge in [-0.25, -0.2) is 4.79 Å². The van der Waals surface area contributed by atoms with Gasteiger partial charge >= 0.3 is 6.03 Å². The van der Waals surface area contributed by atoms with Crippen LogP contribution in [0.25, 0.3) is 0 Å². The summed E-state index contributed by atoms with van der Waals surface area (Å²) in [5.41, 5.74) is 0. The highest BCUT2D eigenvalue weighted by Gasteiger charge is 2.24. The Morgan fingerprint density at radius 1 is 1.41 bits per heavy atom. The van der Waals surface area contributed by atoms with Crippen LogP contribution in [-0.4, -0.2) is 40.5 Å². The molecule has 0 spiro atoms. The van der Waals surface area contributed by atoms with E-state index in [-0.39, 0.29) is 18.7 Å². The SMILES string of the molecule is Cc1noc(CCNC(=O)NC(CCO)C2CCCCC2)n1. The highest BCUT2D eigenvalue weighted by Crippen LogP contribution is 2.27. The van der Waals surface area contributed by atoms with Gasteiger partial charge in [-0.15, -0.1) is 0 Å². The summed E-state index contributed by atoms with van der Waals surface area (Å²) in [6.45, 7) is 2.31. The fourth-order valence-corrected chi connectivity index (χ4v) is 3.05. The molecule has 3 N–H and O–H groups in total. The molecule has 0 radical (unpaired) electrons. The molecule has 0 aliphatic heterocycles. The lowest BCUT2D eigenvalue weighted by Gasteiger charge is -2.30. The number of hydrogen-bond donors (Lipinski definition) is 3. The first-order valence-electron chi connectivity index (χ1n) is 8.13. The van der Waals surface area contributed by atoms with Crippen LogP contribution in [0, 0.1) is 12.8 Å². The van der Waals surface area contributed by atoms with Gasteiger partial charge in [0.25, 0.3) is 0 Å². The monoisotopic (exact) mass is 310 g/mol. The quantitative estimate of drug-likeness (QED) is 0.709. The van der Waals surface area contributed by atoms with Crippen molar-refractivity contribution >= 4 is 6.03 Å². The summed E-state index contributed by atoms with van der Waals surface area (Å²) in [7, 11) is 0. The number of nitrogens with zero attached hydrogens (tertiary/aromatic N) is 2. The maximum Gasteiger partial charge on any atom is 0.315 e. The molecular formula is C15H26N4O3. The van der Waals surface area contributed by atoms with Crippen LogP contribution in [0.1, 0.15) is 50.2 Å². The smallest absolute Gasteiger partial charge is 0.315 e. The number of carbonyl (C=O) groups excluding carboxylic acids is 1. The lowest BCUT2D eigenvalue weighted by atomic mass is 9.83. The molecule has 7 heteroatoms. The molecule has 0 bridgehead atoms. The molecule has 1 heterocycles. The number of amides is 2. The van der Waals surface area contributed by atoms with Crippen LogP contribution in [0.4, 0.5) is 4.79 Å². The van der Waals surface area contributed by atoms with Crippen LogP contribution in [0.15, 0.2) is 4.52 Å². The van der Waals surface area contributed by atoms with Gasteiger partial charge in [0.2, 0.25) is 5.89 Å². The Kier molecular flexibility index (Phi) is 6.64. The number of carbonyl (C=O) groups is 1. The summed E-state index contributed by atoms with van der Waals surface area (Å²) in [6, 6.07) is -0.142. The van der Waals surface area contributed by atoms with Crippen molar-refractivity contribution in [2.75, 3.05) is 13.2 Å². The number of hydrogen-bond acceptors (Lipinski definition) is 5. The van der Waals surface area contributed by atoms with Crippen molar-refractivity contribution in [1.29, 1.82) is 0 Å². The Hall–Kier alpha value is -1.63. The molecule has 7 nitrogen and oxygen atoms in total. The van der Waals surface area contributed by atoms with E-state index >= 15 is 0 Å². The number of rotatable bonds is 7. The zero-order chi connectivity index (χ0) is 15.8. The van der Waals surface area contributed by atoms with Crippen LogP contribution in [0.5, 0.6) is 0 Å². The van der Waals surface area contributed by atoms with Crippen molar-refractivity contribution in [3.8, 4) is 0 Å². The Labute approximate surface area is 130 Å².